The summed E-state index contributed by atoms with van der Waals surface area (Å²) in [7, 11) is 0. The SMILES string of the molecule is CCC(N)(CC)CNC(=O)CCc1ccc(Cl)cc1.Cl. The Hall–Kier alpha value is -0.770. The maximum atomic E-state index is 11.8. The molecule has 0 atom stereocenters. The smallest absolute Gasteiger partial charge is 0.220 e. The third-order valence-corrected chi connectivity index (χ3v) is 3.85. The van der Waals surface area contributed by atoms with E-state index in [4.69, 9.17) is 17.3 Å². The van der Waals surface area contributed by atoms with E-state index in [9.17, 15) is 4.79 Å². The van der Waals surface area contributed by atoms with Gasteiger partial charge in [0, 0.05) is 23.5 Å². The molecule has 0 heterocycles. The molecule has 0 aliphatic carbocycles. The van der Waals surface area contributed by atoms with Crippen molar-refractivity contribution in [3.05, 3.63) is 34.9 Å². The summed E-state index contributed by atoms with van der Waals surface area (Å²) in [6.07, 6.45) is 2.92. The highest BCUT2D eigenvalue weighted by molar-refractivity contribution is 6.30. The monoisotopic (exact) mass is 318 g/mol. The molecule has 0 saturated heterocycles. The summed E-state index contributed by atoms with van der Waals surface area (Å²) in [4.78, 5) is 11.8. The van der Waals surface area contributed by atoms with Gasteiger partial charge in [0.25, 0.3) is 0 Å². The first-order valence-electron chi connectivity index (χ1n) is 6.79. The lowest BCUT2D eigenvalue weighted by Gasteiger charge is -2.26. The minimum atomic E-state index is -0.282. The average Bonchev–Trinajstić information content (AvgIpc) is 2.44. The van der Waals surface area contributed by atoms with Crippen LogP contribution in [0, 0.1) is 0 Å². The number of nitrogens with two attached hydrogens (primary N) is 1. The van der Waals surface area contributed by atoms with Crippen LogP contribution in [0.1, 0.15) is 38.7 Å². The van der Waals surface area contributed by atoms with Crippen molar-refractivity contribution in [2.75, 3.05) is 6.54 Å². The summed E-state index contributed by atoms with van der Waals surface area (Å²) in [5.74, 6) is 0.0478. The van der Waals surface area contributed by atoms with Gasteiger partial charge in [0.2, 0.25) is 5.91 Å². The number of carbonyl (C=O) groups excluding carboxylic acids is 1. The molecule has 1 rings (SSSR count). The Morgan fingerprint density at radius 2 is 1.80 bits per heavy atom. The summed E-state index contributed by atoms with van der Waals surface area (Å²) in [5, 5.41) is 3.63. The number of hydrogen-bond acceptors (Lipinski definition) is 2. The predicted molar refractivity (Wildman–Crippen MR) is 87.5 cm³/mol. The number of hydrogen-bond donors (Lipinski definition) is 2. The van der Waals surface area contributed by atoms with Crippen LogP contribution in [0.5, 0.6) is 0 Å². The van der Waals surface area contributed by atoms with Crippen molar-refractivity contribution in [2.45, 2.75) is 45.1 Å². The fourth-order valence-corrected chi connectivity index (χ4v) is 1.90. The van der Waals surface area contributed by atoms with E-state index in [1.807, 2.05) is 38.1 Å². The van der Waals surface area contributed by atoms with Gasteiger partial charge in [-0.05, 0) is 37.0 Å². The molecule has 0 aliphatic heterocycles. The molecule has 5 heteroatoms. The fourth-order valence-electron chi connectivity index (χ4n) is 1.77. The second kappa shape index (κ2) is 9.22. The number of rotatable bonds is 7. The Bertz CT molecular complexity index is 403. The van der Waals surface area contributed by atoms with E-state index in [1.165, 1.54) is 0 Å². The van der Waals surface area contributed by atoms with E-state index in [2.05, 4.69) is 5.32 Å². The molecule has 3 nitrogen and oxygen atoms in total. The van der Waals surface area contributed by atoms with Gasteiger partial charge in [-0.15, -0.1) is 12.4 Å². The lowest BCUT2D eigenvalue weighted by molar-refractivity contribution is -0.121. The van der Waals surface area contributed by atoms with Crippen LogP contribution in [0.2, 0.25) is 5.02 Å². The molecule has 0 aliphatic rings. The van der Waals surface area contributed by atoms with Gasteiger partial charge in [-0.3, -0.25) is 4.79 Å². The number of benzene rings is 1. The average molecular weight is 319 g/mol. The van der Waals surface area contributed by atoms with Crippen LogP contribution >= 0.6 is 24.0 Å². The van der Waals surface area contributed by atoms with Crippen molar-refractivity contribution in [2.24, 2.45) is 5.73 Å². The minimum Gasteiger partial charge on any atom is -0.354 e. The highest BCUT2D eigenvalue weighted by Crippen LogP contribution is 2.12. The maximum absolute atomic E-state index is 11.8. The number of nitrogens with one attached hydrogen (secondary N) is 1. The fraction of sp³-hybridized carbons (Fsp3) is 0.533. The van der Waals surface area contributed by atoms with Gasteiger partial charge in [0.15, 0.2) is 0 Å². The number of halogens is 2. The van der Waals surface area contributed by atoms with E-state index >= 15 is 0 Å². The molecule has 0 radical (unpaired) electrons. The molecular weight excluding hydrogens is 295 g/mol. The molecule has 0 spiro atoms. The van der Waals surface area contributed by atoms with Crippen molar-refractivity contribution in [3.63, 3.8) is 0 Å². The zero-order valence-electron chi connectivity index (χ0n) is 12.1. The molecule has 1 aromatic carbocycles. The van der Waals surface area contributed by atoms with E-state index < -0.39 is 0 Å². The van der Waals surface area contributed by atoms with Gasteiger partial charge in [-0.2, -0.15) is 0 Å². The van der Waals surface area contributed by atoms with Crippen LogP contribution in [0.3, 0.4) is 0 Å². The van der Waals surface area contributed by atoms with Crippen molar-refractivity contribution in [1.29, 1.82) is 0 Å². The lowest BCUT2D eigenvalue weighted by Crippen LogP contribution is -2.49. The molecule has 114 valence electrons. The van der Waals surface area contributed by atoms with Gasteiger partial charge in [-0.1, -0.05) is 37.6 Å². The highest BCUT2D eigenvalue weighted by atomic mass is 35.5. The molecule has 20 heavy (non-hydrogen) atoms. The van der Waals surface area contributed by atoms with Crippen LogP contribution in [-0.4, -0.2) is 18.0 Å². The van der Waals surface area contributed by atoms with E-state index in [-0.39, 0.29) is 23.9 Å². The zero-order valence-corrected chi connectivity index (χ0v) is 13.7. The predicted octanol–water partition coefficient (Wildman–Crippen LogP) is 3.33. The Balaban J connectivity index is 0.00000361. The summed E-state index contributed by atoms with van der Waals surface area (Å²) < 4.78 is 0. The molecule has 1 aromatic rings. The summed E-state index contributed by atoms with van der Waals surface area (Å²) in [6, 6.07) is 7.57. The normalized spacial score (nSPS) is 10.8. The van der Waals surface area contributed by atoms with Crippen molar-refractivity contribution >= 4 is 29.9 Å². The molecule has 0 unspecified atom stereocenters. The molecular formula is C15H24Cl2N2O. The number of amides is 1. The quantitative estimate of drug-likeness (QED) is 0.810. The van der Waals surface area contributed by atoms with Gasteiger partial charge >= 0.3 is 0 Å². The Morgan fingerprint density at radius 1 is 1.25 bits per heavy atom. The molecule has 0 aromatic heterocycles. The molecule has 3 N–H and O–H groups in total. The largest absolute Gasteiger partial charge is 0.354 e. The summed E-state index contributed by atoms with van der Waals surface area (Å²) in [5.41, 5.74) is 6.97. The van der Waals surface area contributed by atoms with Crippen LogP contribution in [0.4, 0.5) is 0 Å². The molecule has 0 bridgehead atoms. The minimum absolute atomic E-state index is 0. The first-order chi connectivity index (χ1) is 8.99. The third kappa shape index (κ3) is 6.60. The van der Waals surface area contributed by atoms with E-state index in [0.29, 0.717) is 18.0 Å². The Labute approximate surface area is 132 Å². The maximum Gasteiger partial charge on any atom is 0.220 e. The summed E-state index contributed by atoms with van der Waals surface area (Å²) >= 11 is 5.81. The first kappa shape index (κ1) is 19.2. The zero-order chi connectivity index (χ0) is 14.3. The van der Waals surface area contributed by atoms with Crippen molar-refractivity contribution in [1.82, 2.24) is 5.32 Å². The molecule has 0 saturated carbocycles. The van der Waals surface area contributed by atoms with Crippen LogP contribution in [-0.2, 0) is 11.2 Å². The highest BCUT2D eigenvalue weighted by Gasteiger charge is 2.20. The molecule has 0 fully saturated rings. The van der Waals surface area contributed by atoms with Crippen LogP contribution < -0.4 is 11.1 Å². The van der Waals surface area contributed by atoms with E-state index in [1.54, 1.807) is 0 Å². The van der Waals surface area contributed by atoms with Crippen molar-refractivity contribution in [3.8, 4) is 0 Å². The third-order valence-electron chi connectivity index (χ3n) is 3.60. The first-order valence-corrected chi connectivity index (χ1v) is 7.17. The van der Waals surface area contributed by atoms with E-state index in [0.717, 1.165) is 24.8 Å². The van der Waals surface area contributed by atoms with Crippen molar-refractivity contribution < 1.29 is 4.79 Å². The van der Waals surface area contributed by atoms with Crippen LogP contribution in [0.15, 0.2) is 24.3 Å². The summed E-state index contributed by atoms with van der Waals surface area (Å²) in [6.45, 7) is 4.63. The number of carbonyl (C=O) groups is 1. The van der Waals surface area contributed by atoms with Gasteiger partial charge in [0.1, 0.15) is 0 Å². The lowest BCUT2D eigenvalue weighted by atomic mass is 9.94. The Morgan fingerprint density at radius 3 is 2.30 bits per heavy atom. The number of aryl methyl sites for hydroxylation is 1. The standard InChI is InChI=1S/C15H23ClN2O.ClH/c1-3-15(17,4-2)11-18-14(19)10-7-12-5-8-13(16)9-6-12;/h5-6,8-9H,3-4,7,10-11,17H2,1-2H3,(H,18,19);1H. The van der Waals surface area contributed by atoms with Crippen LogP contribution in [0.25, 0.3) is 0 Å². The van der Waals surface area contributed by atoms with Gasteiger partial charge < -0.3 is 11.1 Å². The van der Waals surface area contributed by atoms with Gasteiger partial charge in [-0.25, -0.2) is 0 Å². The van der Waals surface area contributed by atoms with Gasteiger partial charge in [0.05, 0.1) is 0 Å². The second-order valence-electron chi connectivity index (χ2n) is 4.97. The topological polar surface area (TPSA) is 55.1 Å². The Kier molecular flexibility index (Phi) is 8.86. The second-order valence-corrected chi connectivity index (χ2v) is 5.41. The molecule has 1 amide bonds.